The summed E-state index contributed by atoms with van der Waals surface area (Å²) >= 11 is 0. The van der Waals surface area contributed by atoms with E-state index in [1.54, 1.807) is 18.3 Å². The Kier molecular flexibility index (Phi) is 2.63. The Labute approximate surface area is 111 Å². The van der Waals surface area contributed by atoms with Crippen LogP contribution in [0.25, 0.3) is 17.0 Å². The molecule has 0 radical (unpaired) electrons. The topological polar surface area (TPSA) is 56.2 Å². The van der Waals surface area contributed by atoms with Gasteiger partial charge in [0.2, 0.25) is 0 Å². The molecule has 0 aliphatic heterocycles. The average molecular weight is 278 g/mol. The van der Waals surface area contributed by atoms with Crippen molar-refractivity contribution >= 4 is 11.3 Å². The number of aromatic nitrogens is 3. The minimum atomic E-state index is -4.35. The maximum atomic E-state index is 12.5. The fourth-order valence-corrected chi connectivity index (χ4v) is 1.86. The second-order valence-corrected chi connectivity index (χ2v) is 4.24. The third-order valence-corrected chi connectivity index (χ3v) is 2.86. The van der Waals surface area contributed by atoms with Crippen LogP contribution in [0.5, 0.6) is 0 Å². The Bertz CT molecular complexity index is 759. The molecule has 0 fully saturated rings. The fourth-order valence-electron chi connectivity index (χ4n) is 1.86. The SMILES string of the molecule is Nc1cccn2nc(-c3ccc(C(F)(F)F)cc3)nc12. The zero-order chi connectivity index (χ0) is 14.3. The molecule has 3 aromatic rings. The van der Waals surface area contributed by atoms with Crippen molar-refractivity contribution in [3.05, 3.63) is 48.2 Å². The Balaban J connectivity index is 2.05. The lowest BCUT2D eigenvalue weighted by molar-refractivity contribution is -0.137. The third kappa shape index (κ3) is 2.07. The van der Waals surface area contributed by atoms with Crippen LogP contribution in [0.4, 0.5) is 18.9 Å². The van der Waals surface area contributed by atoms with Crippen LogP contribution in [0.15, 0.2) is 42.6 Å². The molecule has 0 spiro atoms. The van der Waals surface area contributed by atoms with Gasteiger partial charge in [-0.05, 0) is 24.3 Å². The minimum Gasteiger partial charge on any atom is -0.396 e. The van der Waals surface area contributed by atoms with Gasteiger partial charge >= 0.3 is 6.18 Å². The quantitative estimate of drug-likeness (QED) is 0.744. The molecule has 2 heterocycles. The summed E-state index contributed by atoms with van der Waals surface area (Å²) in [4.78, 5) is 4.22. The van der Waals surface area contributed by atoms with Crippen molar-refractivity contribution < 1.29 is 13.2 Å². The highest BCUT2D eigenvalue weighted by molar-refractivity contribution is 5.68. The van der Waals surface area contributed by atoms with Crippen molar-refractivity contribution in [2.24, 2.45) is 0 Å². The Morgan fingerprint density at radius 1 is 1.05 bits per heavy atom. The molecular formula is C13H9F3N4. The number of nitrogens with two attached hydrogens (primary N) is 1. The Morgan fingerprint density at radius 3 is 2.35 bits per heavy atom. The van der Waals surface area contributed by atoms with Gasteiger partial charge in [0, 0.05) is 11.8 Å². The van der Waals surface area contributed by atoms with E-state index in [0.29, 0.717) is 22.7 Å². The molecule has 1 aromatic carbocycles. The standard InChI is InChI=1S/C13H9F3N4/c14-13(15,16)9-5-3-8(4-6-9)11-18-12-10(17)2-1-7-20(12)19-11/h1-7H,17H2. The summed E-state index contributed by atoms with van der Waals surface area (Å²) in [6.45, 7) is 0. The van der Waals surface area contributed by atoms with Crippen LogP contribution in [0.3, 0.4) is 0 Å². The first kappa shape index (κ1) is 12.5. The van der Waals surface area contributed by atoms with Crippen molar-refractivity contribution in [2.75, 3.05) is 5.73 Å². The van der Waals surface area contributed by atoms with E-state index in [0.717, 1.165) is 12.1 Å². The van der Waals surface area contributed by atoms with Gasteiger partial charge in [-0.3, -0.25) is 0 Å². The molecular weight excluding hydrogens is 269 g/mol. The van der Waals surface area contributed by atoms with E-state index in [1.165, 1.54) is 16.6 Å². The number of halogens is 3. The zero-order valence-corrected chi connectivity index (χ0v) is 10.1. The molecule has 0 atom stereocenters. The summed E-state index contributed by atoms with van der Waals surface area (Å²) in [5.74, 6) is 0.330. The summed E-state index contributed by atoms with van der Waals surface area (Å²) in [5.41, 5.74) is 6.48. The second-order valence-electron chi connectivity index (χ2n) is 4.24. The molecule has 0 unspecified atom stereocenters. The number of alkyl halides is 3. The smallest absolute Gasteiger partial charge is 0.396 e. The molecule has 0 amide bonds. The lowest BCUT2D eigenvalue weighted by Crippen LogP contribution is -2.04. The van der Waals surface area contributed by atoms with Gasteiger partial charge in [-0.25, -0.2) is 9.50 Å². The van der Waals surface area contributed by atoms with Crippen molar-refractivity contribution in [1.82, 2.24) is 14.6 Å². The predicted octanol–water partition coefficient (Wildman–Crippen LogP) is 3.00. The third-order valence-electron chi connectivity index (χ3n) is 2.86. The number of fused-ring (bicyclic) bond motifs is 1. The Hall–Kier alpha value is -2.57. The van der Waals surface area contributed by atoms with Crippen molar-refractivity contribution in [1.29, 1.82) is 0 Å². The van der Waals surface area contributed by atoms with Crippen LogP contribution in [0.2, 0.25) is 0 Å². The molecule has 4 nitrogen and oxygen atoms in total. The molecule has 2 aromatic heterocycles. The summed E-state index contributed by atoms with van der Waals surface area (Å²) in [6, 6.07) is 8.09. The first-order valence-corrected chi connectivity index (χ1v) is 5.73. The van der Waals surface area contributed by atoms with E-state index in [1.807, 2.05) is 0 Å². The zero-order valence-electron chi connectivity index (χ0n) is 10.1. The molecule has 20 heavy (non-hydrogen) atoms. The van der Waals surface area contributed by atoms with Crippen molar-refractivity contribution in [3.63, 3.8) is 0 Å². The molecule has 0 bridgehead atoms. The van der Waals surface area contributed by atoms with Gasteiger partial charge in [-0.15, -0.1) is 5.10 Å². The lowest BCUT2D eigenvalue weighted by atomic mass is 10.1. The fraction of sp³-hybridized carbons (Fsp3) is 0.0769. The molecule has 7 heteroatoms. The average Bonchev–Trinajstić information content (AvgIpc) is 2.83. The number of nitrogen functional groups attached to an aromatic ring is 1. The molecule has 102 valence electrons. The maximum absolute atomic E-state index is 12.5. The summed E-state index contributed by atoms with van der Waals surface area (Å²) < 4.78 is 39.0. The summed E-state index contributed by atoms with van der Waals surface area (Å²) in [7, 11) is 0. The van der Waals surface area contributed by atoms with Gasteiger partial charge < -0.3 is 5.73 Å². The normalized spacial score (nSPS) is 11.9. The van der Waals surface area contributed by atoms with E-state index in [9.17, 15) is 13.2 Å². The predicted molar refractivity (Wildman–Crippen MR) is 67.8 cm³/mol. The van der Waals surface area contributed by atoms with Crippen LogP contribution in [0.1, 0.15) is 5.56 Å². The first-order chi connectivity index (χ1) is 9.45. The van der Waals surface area contributed by atoms with Gasteiger partial charge in [0.05, 0.1) is 11.3 Å². The molecule has 0 saturated heterocycles. The lowest BCUT2D eigenvalue weighted by Gasteiger charge is -2.05. The number of hydrogen-bond acceptors (Lipinski definition) is 3. The Morgan fingerprint density at radius 2 is 1.75 bits per heavy atom. The number of rotatable bonds is 1. The van der Waals surface area contributed by atoms with E-state index >= 15 is 0 Å². The van der Waals surface area contributed by atoms with Gasteiger partial charge in [0.15, 0.2) is 11.5 Å². The molecule has 3 rings (SSSR count). The molecule has 0 aliphatic carbocycles. The molecule has 0 aliphatic rings. The van der Waals surface area contributed by atoms with E-state index < -0.39 is 11.7 Å². The highest BCUT2D eigenvalue weighted by Crippen LogP contribution is 2.30. The summed E-state index contributed by atoms with van der Waals surface area (Å²) in [6.07, 6.45) is -2.68. The van der Waals surface area contributed by atoms with Crippen LogP contribution < -0.4 is 5.73 Å². The van der Waals surface area contributed by atoms with Gasteiger partial charge in [0.1, 0.15) is 0 Å². The van der Waals surface area contributed by atoms with E-state index in [2.05, 4.69) is 10.1 Å². The van der Waals surface area contributed by atoms with Crippen molar-refractivity contribution in [2.45, 2.75) is 6.18 Å². The second kappa shape index (κ2) is 4.22. The molecule has 2 N–H and O–H groups in total. The first-order valence-electron chi connectivity index (χ1n) is 5.73. The number of benzene rings is 1. The van der Waals surface area contributed by atoms with E-state index in [4.69, 9.17) is 5.73 Å². The largest absolute Gasteiger partial charge is 0.416 e. The maximum Gasteiger partial charge on any atom is 0.416 e. The van der Waals surface area contributed by atoms with Gasteiger partial charge in [0.25, 0.3) is 0 Å². The minimum absolute atomic E-state index is 0.330. The van der Waals surface area contributed by atoms with E-state index in [-0.39, 0.29) is 0 Å². The van der Waals surface area contributed by atoms with Crippen LogP contribution >= 0.6 is 0 Å². The number of pyridine rings is 1. The van der Waals surface area contributed by atoms with Crippen LogP contribution in [-0.2, 0) is 6.18 Å². The number of nitrogens with zero attached hydrogens (tertiary/aromatic N) is 3. The monoisotopic (exact) mass is 278 g/mol. The number of hydrogen-bond donors (Lipinski definition) is 1. The molecule has 0 saturated carbocycles. The highest BCUT2D eigenvalue weighted by atomic mass is 19.4. The van der Waals surface area contributed by atoms with Crippen LogP contribution in [-0.4, -0.2) is 14.6 Å². The van der Waals surface area contributed by atoms with Gasteiger partial charge in [-0.2, -0.15) is 13.2 Å². The summed E-state index contributed by atoms with van der Waals surface area (Å²) in [5, 5.41) is 4.18. The van der Waals surface area contributed by atoms with Gasteiger partial charge in [-0.1, -0.05) is 12.1 Å². The van der Waals surface area contributed by atoms with Crippen molar-refractivity contribution in [3.8, 4) is 11.4 Å². The highest BCUT2D eigenvalue weighted by Gasteiger charge is 2.30. The number of anilines is 1. The van der Waals surface area contributed by atoms with Crippen LogP contribution in [0, 0.1) is 0 Å².